The van der Waals surface area contributed by atoms with Crippen molar-refractivity contribution < 1.29 is 29.0 Å². The molecule has 0 bridgehead atoms. The third-order valence-electron chi connectivity index (χ3n) is 7.55. The van der Waals surface area contributed by atoms with E-state index in [1.54, 1.807) is 37.4 Å². The standard InChI is InChI=1S/C35H34N2O6/c1-37(31-13-7-5-11-29(31)35(40)41)33(38)23-24-15-17-26(18-16-24)42-27-19-21-28(22-20-27)43-32-14-8-6-12-30(32)36-34(39)25-9-3-2-4-10-25/h2-5,7,9-11,13,15-22,30,32H,6,8,12,14,23H2,1H3,(H,36,39)(H,40,41)/t30-,32-/m0/s1. The summed E-state index contributed by atoms with van der Waals surface area (Å²) in [5.41, 5.74) is 1.85. The lowest BCUT2D eigenvalue weighted by Gasteiger charge is -2.32. The van der Waals surface area contributed by atoms with Gasteiger partial charge >= 0.3 is 5.97 Å². The smallest absolute Gasteiger partial charge is 0.337 e. The molecule has 2 atom stereocenters. The number of para-hydroxylation sites is 1. The van der Waals surface area contributed by atoms with Gasteiger partial charge in [-0.15, -0.1) is 0 Å². The molecule has 220 valence electrons. The summed E-state index contributed by atoms with van der Waals surface area (Å²) < 4.78 is 12.3. The number of rotatable bonds is 10. The minimum Gasteiger partial charge on any atom is -0.488 e. The number of hydrogen-bond acceptors (Lipinski definition) is 5. The van der Waals surface area contributed by atoms with Gasteiger partial charge in [0, 0.05) is 12.6 Å². The molecule has 43 heavy (non-hydrogen) atoms. The van der Waals surface area contributed by atoms with Gasteiger partial charge in [-0.1, -0.05) is 48.9 Å². The van der Waals surface area contributed by atoms with E-state index in [0.717, 1.165) is 31.2 Å². The number of ether oxygens (including phenoxy) is 2. The largest absolute Gasteiger partial charge is 0.488 e. The summed E-state index contributed by atoms with van der Waals surface area (Å²) >= 11 is 0. The van der Waals surface area contributed by atoms with Gasteiger partial charge in [-0.2, -0.15) is 0 Å². The highest BCUT2D eigenvalue weighted by Crippen LogP contribution is 2.28. The summed E-state index contributed by atoms with van der Waals surface area (Å²) in [4.78, 5) is 38.4. The highest BCUT2D eigenvalue weighted by atomic mass is 16.5. The number of aromatic carboxylic acids is 1. The first kappa shape index (κ1) is 29.4. The van der Waals surface area contributed by atoms with Crippen molar-refractivity contribution in [1.29, 1.82) is 0 Å². The summed E-state index contributed by atoms with van der Waals surface area (Å²) in [6.07, 6.45) is 3.85. The lowest BCUT2D eigenvalue weighted by atomic mass is 9.92. The average Bonchev–Trinajstić information content (AvgIpc) is 3.04. The van der Waals surface area contributed by atoms with Gasteiger partial charge in [-0.3, -0.25) is 9.59 Å². The van der Waals surface area contributed by atoms with Crippen LogP contribution in [0, 0.1) is 0 Å². The third kappa shape index (κ3) is 7.60. The number of carboxylic acid groups (broad SMARTS) is 1. The third-order valence-corrected chi connectivity index (χ3v) is 7.55. The number of hydrogen-bond donors (Lipinski definition) is 2. The number of benzene rings is 4. The molecule has 2 N–H and O–H groups in total. The molecule has 0 saturated heterocycles. The molecule has 1 aliphatic carbocycles. The summed E-state index contributed by atoms with van der Waals surface area (Å²) in [7, 11) is 1.57. The van der Waals surface area contributed by atoms with E-state index in [2.05, 4.69) is 5.32 Å². The zero-order chi connectivity index (χ0) is 30.2. The highest BCUT2D eigenvalue weighted by Gasteiger charge is 2.28. The van der Waals surface area contributed by atoms with Gasteiger partial charge in [0.05, 0.1) is 23.7 Å². The molecule has 2 amide bonds. The molecule has 0 radical (unpaired) electrons. The van der Waals surface area contributed by atoms with Crippen LogP contribution >= 0.6 is 0 Å². The SMILES string of the molecule is CN(C(=O)Cc1ccc(Oc2ccc(O[C@H]3CCCC[C@@H]3NC(=O)c3ccccc3)cc2)cc1)c1ccccc1C(=O)O. The maximum atomic E-state index is 12.8. The first-order valence-electron chi connectivity index (χ1n) is 14.4. The van der Waals surface area contributed by atoms with Gasteiger partial charge in [0.1, 0.15) is 23.4 Å². The molecule has 5 rings (SSSR count). The van der Waals surface area contributed by atoms with E-state index in [-0.39, 0.29) is 35.9 Å². The van der Waals surface area contributed by atoms with Crippen LogP contribution in [0.3, 0.4) is 0 Å². The quantitative estimate of drug-likeness (QED) is 0.223. The Morgan fingerprint density at radius 2 is 1.40 bits per heavy atom. The van der Waals surface area contributed by atoms with Crippen molar-refractivity contribution in [2.45, 2.75) is 44.2 Å². The minimum atomic E-state index is -1.08. The summed E-state index contributed by atoms with van der Waals surface area (Å²) in [6.45, 7) is 0. The van der Waals surface area contributed by atoms with Gasteiger partial charge in [0.2, 0.25) is 5.91 Å². The van der Waals surface area contributed by atoms with E-state index in [1.807, 2.05) is 66.7 Å². The summed E-state index contributed by atoms with van der Waals surface area (Å²) in [5.74, 6) is 0.570. The van der Waals surface area contributed by atoms with Crippen LogP contribution in [-0.2, 0) is 11.2 Å². The van der Waals surface area contributed by atoms with E-state index < -0.39 is 5.97 Å². The van der Waals surface area contributed by atoms with Crippen LogP contribution in [0.2, 0.25) is 0 Å². The number of likely N-dealkylation sites (N-methyl/N-ethyl adjacent to an activating group) is 1. The van der Waals surface area contributed by atoms with Crippen LogP contribution in [0.25, 0.3) is 0 Å². The molecular weight excluding hydrogens is 544 g/mol. The Hall–Kier alpha value is -5.11. The van der Waals surface area contributed by atoms with Crippen LogP contribution in [0.5, 0.6) is 17.2 Å². The number of amides is 2. The average molecular weight is 579 g/mol. The number of anilines is 1. The van der Waals surface area contributed by atoms with Crippen molar-refractivity contribution in [2.75, 3.05) is 11.9 Å². The lowest BCUT2D eigenvalue weighted by molar-refractivity contribution is -0.117. The van der Waals surface area contributed by atoms with Crippen molar-refractivity contribution in [3.05, 3.63) is 120 Å². The highest BCUT2D eigenvalue weighted by molar-refractivity contribution is 6.02. The molecule has 0 aromatic heterocycles. The van der Waals surface area contributed by atoms with Crippen molar-refractivity contribution in [3.63, 3.8) is 0 Å². The number of carbonyl (C=O) groups excluding carboxylic acids is 2. The molecule has 1 aliphatic rings. The molecule has 0 spiro atoms. The number of carbonyl (C=O) groups is 3. The molecule has 4 aromatic carbocycles. The second kappa shape index (κ2) is 13.7. The van der Waals surface area contributed by atoms with E-state index in [9.17, 15) is 19.5 Å². The van der Waals surface area contributed by atoms with Gasteiger partial charge in [-0.25, -0.2) is 4.79 Å². The Labute approximate surface area is 250 Å². The number of carboxylic acids is 1. The number of nitrogens with zero attached hydrogens (tertiary/aromatic N) is 1. The van der Waals surface area contributed by atoms with Crippen molar-refractivity contribution in [1.82, 2.24) is 5.32 Å². The molecule has 0 aliphatic heterocycles. The van der Waals surface area contributed by atoms with Crippen molar-refractivity contribution in [3.8, 4) is 17.2 Å². The van der Waals surface area contributed by atoms with E-state index >= 15 is 0 Å². The first-order valence-corrected chi connectivity index (χ1v) is 14.4. The molecule has 0 unspecified atom stereocenters. The second-order valence-electron chi connectivity index (χ2n) is 10.6. The van der Waals surface area contributed by atoms with E-state index in [4.69, 9.17) is 9.47 Å². The van der Waals surface area contributed by atoms with Crippen LogP contribution < -0.4 is 19.7 Å². The minimum absolute atomic E-state index is 0.0607. The maximum absolute atomic E-state index is 12.8. The summed E-state index contributed by atoms with van der Waals surface area (Å²) in [5, 5.41) is 12.6. The van der Waals surface area contributed by atoms with Crippen LogP contribution in [-0.4, -0.2) is 42.1 Å². The molecule has 1 fully saturated rings. The second-order valence-corrected chi connectivity index (χ2v) is 10.6. The summed E-state index contributed by atoms with van der Waals surface area (Å²) in [6, 6.07) is 30.2. The zero-order valence-corrected chi connectivity index (χ0v) is 23.9. The number of nitrogens with one attached hydrogen (secondary N) is 1. The zero-order valence-electron chi connectivity index (χ0n) is 23.9. The van der Waals surface area contributed by atoms with Crippen LogP contribution in [0.1, 0.15) is 52.0 Å². The van der Waals surface area contributed by atoms with Gasteiger partial charge in [-0.05, 0) is 85.5 Å². The molecule has 0 heterocycles. The van der Waals surface area contributed by atoms with Gasteiger partial charge < -0.3 is 24.8 Å². The molecule has 8 nitrogen and oxygen atoms in total. The molecular formula is C35H34N2O6. The Kier molecular flexibility index (Phi) is 9.36. The molecule has 4 aromatic rings. The molecule has 1 saturated carbocycles. The van der Waals surface area contributed by atoms with Gasteiger partial charge in [0.15, 0.2) is 0 Å². The Bertz CT molecular complexity index is 1550. The van der Waals surface area contributed by atoms with Crippen molar-refractivity contribution >= 4 is 23.5 Å². The predicted molar refractivity (Wildman–Crippen MR) is 164 cm³/mol. The van der Waals surface area contributed by atoms with E-state index in [1.165, 1.54) is 11.0 Å². The van der Waals surface area contributed by atoms with Crippen LogP contribution in [0.15, 0.2) is 103 Å². The first-order chi connectivity index (χ1) is 20.9. The van der Waals surface area contributed by atoms with Crippen molar-refractivity contribution in [2.24, 2.45) is 0 Å². The topological polar surface area (TPSA) is 105 Å². The fraction of sp³-hybridized carbons (Fsp3) is 0.229. The fourth-order valence-electron chi connectivity index (χ4n) is 5.19. The Balaban J connectivity index is 1.15. The Morgan fingerprint density at radius 1 is 0.791 bits per heavy atom. The predicted octanol–water partition coefficient (Wildman–Crippen LogP) is 6.50. The lowest BCUT2D eigenvalue weighted by Crippen LogP contribution is -2.47. The van der Waals surface area contributed by atoms with Gasteiger partial charge in [0.25, 0.3) is 5.91 Å². The normalized spacial score (nSPS) is 16.1. The molecule has 8 heteroatoms. The monoisotopic (exact) mass is 578 g/mol. The van der Waals surface area contributed by atoms with E-state index in [0.29, 0.717) is 28.5 Å². The fourth-order valence-corrected chi connectivity index (χ4v) is 5.19. The maximum Gasteiger partial charge on any atom is 0.337 e. The van der Waals surface area contributed by atoms with Crippen LogP contribution in [0.4, 0.5) is 5.69 Å². The Morgan fingerprint density at radius 3 is 2.09 bits per heavy atom.